The molecular formula is C18H30N4O3. The number of ether oxygens (including phenoxy) is 1. The highest BCUT2D eigenvalue weighted by Gasteiger charge is 2.18. The van der Waals surface area contributed by atoms with Crippen LogP contribution in [0.5, 0.6) is 5.75 Å². The van der Waals surface area contributed by atoms with E-state index in [0.29, 0.717) is 18.0 Å². The van der Waals surface area contributed by atoms with Crippen LogP contribution in [0.1, 0.15) is 19.4 Å². The maximum atomic E-state index is 12.1. The van der Waals surface area contributed by atoms with E-state index >= 15 is 0 Å². The smallest absolute Gasteiger partial charge is 0.243 e. The third-order valence-electron chi connectivity index (χ3n) is 3.65. The minimum absolute atomic E-state index is 0.0110. The second kappa shape index (κ2) is 10.0. The van der Waals surface area contributed by atoms with Gasteiger partial charge in [0.15, 0.2) is 0 Å². The molecule has 4 N–H and O–H groups in total. The number of nitrogens with one attached hydrogen (secondary N) is 2. The molecule has 1 rings (SSSR count). The monoisotopic (exact) mass is 350 g/mol. The lowest BCUT2D eigenvalue weighted by molar-refractivity contribution is -0.125. The number of hydrogen-bond donors (Lipinski definition) is 3. The number of anilines is 1. The summed E-state index contributed by atoms with van der Waals surface area (Å²) >= 11 is 0. The molecule has 0 unspecified atom stereocenters. The summed E-state index contributed by atoms with van der Waals surface area (Å²) in [6.45, 7) is 6.81. The van der Waals surface area contributed by atoms with E-state index in [2.05, 4.69) is 10.6 Å². The molecule has 0 aromatic heterocycles. The van der Waals surface area contributed by atoms with Crippen LogP contribution in [0.25, 0.3) is 0 Å². The fraction of sp³-hybridized carbons (Fsp3) is 0.556. The maximum absolute atomic E-state index is 12.1. The third-order valence-corrected chi connectivity index (χ3v) is 3.65. The quantitative estimate of drug-likeness (QED) is 0.617. The van der Waals surface area contributed by atoms with Crippen molar-refractivity contribution >= 4 is 17.5 Å². The van der Waals surface area contributed by atoms with E-state index in [1.54, 1.807) is 6.07 Å². The van der Waals surface area contributed by atoms with Crippen molar-refractivity contribution in [3.63, 3.8) is 0 Å². The van der Waals surface area contributed by atoms with E-state index in [0.717, 1.165) is 12.1 Å². The molecule has 0 heterocycles. The molecule has 1 atom stereocenters. The van der Waals surface area contributed by atoms with E-state index in [9.17, 15) is 9.59 Å². The summed E-state index contributed by atoms with van der Waals surface area (Å²) < 4.78 is 5.76. The zero-order valence-corrected chi connectivity index (χ0v) is 15.8. The number of benzene rings is 1. The predicted octanol–water partition coefficient (Wildman–Crippen LogP) is 0.973. The number of nitrogens with two attached hydrogens (primary N) is 1. The Kier molecular flexibility index (Phi) is 8.37. The summed E-state index contributed by atoms with van der Waals surface area (Å²) in [7, 11) is 3.93. The number of rotatable bonds is 9. The molecule has 0 saturated carbocycles. The lowest BCUT2D eigenvalue weighted by Crippen LogP contribution is -2.46. The molecule has 1 aromatic carbocycles. The summed E-state index contributed by atoms with van der Waals surface area (Å²) in [4.78, 5) is 25.9. The fourth-order valence-corrected chi connectivity index (χ4v) is 1.97. The lowest BCUT2D eigenvalue weighted by Gasteiger charge is -2.17. The van der Waals surface area contributed by atoms with Gasteiger partial charge in [-0.15, -0.1) is 0 Å². The van der Waals surface area contributed by atoms with Crippen molar-refractivity contribution in [2.45, 2.75) is 26.8 Å². The van der Waals surface area contributed by atoms with Crippen LogP contribution in [-0.4, -0.2) is 56.5 Å². The highest BCUT2D eigenvalue weighted by Crippen LogP contribution is 2.25. The first-order valence-corrected chi connectivity index (χ1v) is 8.42. The predicted molar refractivity (Wildman–Crippen MR) is 99.7 cm³/mol. The topological polar surface area (TPSA) is 96.7 Å². The molecule has 7 heteroatoms. The average molecular weight is 350 g/mol. The fourth-order valence-electron chi connectivity index (χ4n) is 1.97. The van der Waals surface area contributed by atoms with Gasteiger partial charge >= 0.3 is 0 Å². The van der Waals surface area contributed by atoms with Gasteiger partial charge in [-0.25, -0.2) is 0 Å². The highest BCUT2D eigenvalue weighted by molar-refractivity contribution is 5.96. The van der Waals surface area contributed by atoms with Crippen molar-refractivity contribution in [1.29, 1.82) is 0 Å². The Morgan fingerprint density at radius 2 is 1.96 bits per heavy atom. The minimum Gasteiger partial charge on any atom is -0.490 e. The van der Waals surface area contributed by atoms with Crippen LogP contribution >= 0.6 is 0 Å². The van der Waals surface area contributed by atoms with Gasteiger partial charge in [0.2, 0.25) is 11.8 Å². The van der Waals surface area contributed by atoms with Crippen LogP contribution < -0.4 is 21.1 Å². The lowest BCUT2D eigenvalue weighted by atomic mass is 10.1. The van der Waals surface area contributed by atoms with Crippen LogP contribution in [0.2, 0.25) is 0 Å². The van der Waals surface area contributed by atoms with Gasteiger partial charge in [0.05, 0.1) is 18.3 Å². The second-order valence-electron chi connectivity index (χ2n) is 6.69. The Balaban J connectivity index is 2.62. The highest BCUT2D eigenvalue weighted by atomic mass is 16.5. The van der Waals surface area contributed by atoms with Gasteiger partial charge in [-0.3, -0.25) is 9.59 Å². The SMILES string of the molecule is Cc1ccc(NC(=O)CNC(=O)[C@@H](N)C(C)C)c(OCCN(C)C)c1. The Morgan fingerprint density at radius 3 is 2.56 bits per heavy atom. The second-order valence-corrected chi connectivity index (χ2v) is 6.69. The van der Waals surface area contributed by atoms with Gasteiger partial charge in [0, 0.05) is 6.54 Å². The van der Waals surface area contributed by atoms with Crippen LogP contribution in [0.4, 0.5) is 5.69 Å². The summed E-state index contributed by atoms with van der Waals surface area (Å²) in [5.41, 5.74) is 7.37. The zero-order valence-electron chi connectivity index (χ0n) is 15.8. The first-order chi connectivity index (χ1) is 11.7. The van der Waals surface area contributed by atoms with E-state index in [1.807, 2.05) is 51.9 Å². The Bertz CT molecular complexity index is 588. The summed E-state index contributed by atoms with van der Waals surface area (Å²) in [6, 6.07) is 4.93. The molecule has 0 radical (unpaired) electrons. The molecular weight excluding hydrogens is 320 g/mol. The van der Waals surface area contributed by atoms with Gasteiger partial charge < -0.3 is 26.0 Å². The Labute approximate surface area is 149 Å². The Hall–Kier alpha value is -2.12. The first kappa shape index (κ1) is 20.9. The molecule has 25 heavy (non-hydrogen) atoms. The van der Waals surface area contributed by atoms with Crippen LogP contribution in [-0.2, 0) is 9.59 Å². The number of aryl methyl sites for hydroxylation is 1. The van der Waals surface area contributed by atoms with Gasteiger partial charge in [-0.2, -0.15) is 0 Å². The van der Waals surface area contributed by atoms with Crippen molar-refractivity contribution in [1.82, 2.24) is 10.2 Å². The zero-order chi connectivity index (χ0) is 19.0. The van der Waals surface area contributed by atoms with Gasteiger partial charge in [-0.1, -0.05) is 19.9 Å². The molecule has 0 spiro atoms. The molecule has 0 aliphatic rings. The number of carbonyl (C=O) groups is 2. The van der Waals surface area contributed by atoms with Crippen LogP contribution in [0, 0.1) is 12.8 Å². The maximum Gasteiger partial charge on any atom is 0.243 e. The molecule has 2 amide bonds. The largest absolute Gasteiger partial charge is 0.490 e. The summed E-state index contributed by atoms with van der Waals surface area (Å²) in [5, 5.41) is 5.32. The van der Waals surface area contributed by atoms with E-state index < -0.39 is 6.04 Å². The first-order valence-electron chi connectivity index (χ1n) is 8.42. The summed E-state index contributed by atoms with van der Waals surface area (Å²) in [5.74, 6) is -0.0422. The van der Waals surface area contributed by atoms with E-state index in [4.69, 9.17) is 10.5 Å². The van der Waals surface area contributed by atoms with Gasteiger partial charge in [0.25, 0.3) is 0 Å². The molecule has 0 bridgehead atoms. The molecule has 7 nitrogen and oxygen atoms in total. The molecule has 1 aromatic rings. The van der Waals surface area contributed by atoms with Crippen LogP contribution in [0.3, 0.4) is 0 Å². The van der Waals surface area contributed by atoms with Gasteiger partial charge in [0.1, 0.15) is 12.4 Å². The normalized spacial score (nSPS) is 12.2. The van der Waals surface area contributed by atoms with Crippen molar-refractivity contribution in [2.75, 3.05) is 39.1 Å². The van der Waals surface area contributed by atoms with Crippen molar-refractivity contribution in [2.24, 2.45) is 11.7 Å². The minimum atomic E-state index is -0.628. The van der Waals surface area contributed by atoms with E-state index in [-0.39, 0.29) is 24.3 Å². The molecule has 0 aliphatic carbocycles. The van der Waals surface area contributed by atoms with Gasteiger partial charge in [-0.05, 0) is 44.6 Å². The number of amides is 2. The number of nitrogens with zero attached hydrogens (tertiary/aromatic N) is 1. The van der Waals surface area contributed by atoms with Crippen molar-refractivity contribution < 1.29 is 14.3 Å². The number of carbonyl (C=O) groups excluding carboxylic acids is 2. The standard InChI is InChI=1S/C18H30N4O3/c1-12(2)17(19)18(24)20-11-16(23)21-14-7-6-13(3)10-15(14)25-9-8-22(4)5/h6-7,10,12,17H,8-9,11,19H2,1-5H3,(H,20,24)(H,21,23)/t17-/m0/s1. The number of likely N-dealkylation sites (N-methyl/N-ethyl adjacent to an activating group) is 1. The molecule has 0 aliphatic heterocycles. The summed E-state index contributed by atoms with van der Waals surface area (Å²) in [6.07, 6.45) is 0. The average Bonchev–Trinajstić information content (AvgIpc) is 2.53. The molecule has 0 saturated heterocycles. The van der Waals surface area contributed by atoms with Crippen LogP contribution in [0.15, 0.2) is 18.2 Å². The van der Waals surface area contributed by atoms with E-state index in [1.165, 1.54) is 0 Å². The molecule has 0 fully saturated rings. The third kappa shape index (κ3) is 7.53. The van der Waals surface area contributed by atoms with Crippen molar-refractivity contribution in [3.8, 4) is 5.75 Å². The molecule has 140 valence electrons. The number of hydrogen-bond acceptors (Lipinski definition) is 5. The van der Waals surface area contributed by atoms with Crippen molar-refractivity contribution in [3.05, 3.63) is 23.8 Å². The Morgan fingerprint density at radius 1 is 1.28 bits per heavy atom.